The van der Waals surface area contributed by atoms with Gasteiger partial charge in [-0.3, -0.25) is 4.90 Å². The quantitative estimate of drug-likeness (QED) is 0.456. The van der Waals surface area contributed by atoms with E-state index in [1.54, 1.807) is 23.1 Å². The summed E-state index contributed by atoms with van der Waals surface area (Å²) in [4.78, 5) is 23.3. The van der Waals surface area contributed by atoms with Crippen molar-refractivity contribution in [3.05, 3.63) is 46.8 Å². The number of allylic oxidation sites excluding steroid dienone is 1. The molecule has 1 spiro atoms. The molecule has 2 N–H and O–H groups in total. The van der Waals surface area contributed by atoms with E-state index in [4.69, 9.17) is 9.72 Å². The average molecular weight is 530 g/mol. The lowest BCUT2D eigenvalue weighted by molar-refractivity contribution is -0.000802. The molecule has 2 atom stereocenters. The number of para-hydroxylation sites is 1. The number of likely N-dealkylation sites (tertiary alicyclic amines) is 1. The SMILES string of the molecule is CN(c1cccc2cc(-c3ncc(CN4CCC5(CC4)CNC(=O)O5)s3)[nH]c12)[S+]([O-])C1CC=CS1. The van der Waals surface area contributed by atoms with Crippen LogP contribution in [-0.2, 0) is 22.6 Å². The minimum Gasteiger partial charge on any atom is -0.592 e. The van der Waals surface area contributed by atoms with Gasteiger partial charge in [-0.15, -0.1) is 11.3 Å². The van der Waals surface area contributed by atoms with Gasteiger partial charge in [0.25, 0.3) is 0 Å². The molecule has 35 heavy (non-hydrogen) atoms. The number of H-pyrrole nitrogens is 1. The number of hydrogen-bond acceptors (Lipinski definition) is 8. The number of carbonyl (C=O) groups excluding carboxylic acids is 1. The normalized spacial score (nSPS) is 22.6. The predicted molar refractivity (Wildman–Crippen MR) is 143 cm³/mol. The Morgan fingerprint density at radius 3 is 2.97 bits per heavy atom. The van der Waals surface area contributed by atoms with E-state index in [0.29, 0.717) is 6.54 Å². The molecule has 3 aliphatic rings. The van der Waals surface area contributed by atoms with Gasteiger partial charge in [0.05, 0.1) is 36.2 Å². The number of amides is 1. The van der Waals surface area contributed by atoms with E-state index < -0.39 is 11.4 Å². The second-order valence-corrected chi connectivity index (χ2v) is 13.4. The van der Waals surface area contributed by atoms with Crippen molar-refractivity contribution < 1.29 is 14.1 Å². The van der Waals surface area contributed by atoms with Crippen molar-refractivity contribution in [2.75, 3.05) is 31.0 Å². The van der Waals surface area contributed by atoms with E-state index in [0.717, 1.165) is 66.2 Å². The fourth-order valence-electron chi connectivity index (χ4n) is 4.91. The Morgan fingerprint density at radius 1 is 1.37 bits per heavy atom. The van der Waals surface area contributed by atoms with Gasteiger partial charge in [-0.25, -0.2) is 9.78 Å². The van der Waals surface area contributed by atoms with Gasteiger partial charge in [-0.1, -0.05) is 30.0 Å². The molecule has 1 aromatic carbocycles. The monoisotopic (exact) mass is 529 g/mol. The van der Waals surface area contributed by atoms with E-state index in [2.05, 4.69) is 33.4 Å². The van der Waals surface area contributed by atoms with E-state index in [-0.39, 0.29) is 16.3 Å². The van der Waals surface area contributed by atoms with E-state index in [9.17, 15) is 9.35 Å². The van der Waals surface area contributed by atoms with E-state index >= 15 is 0 Å². The van der Waals surface area contributed by atoms with Crippen LogP contribution in [0.5, 0.6) is 0 Å². The van der Waals surface area contributed by atoms with Gasteiger partial charge in [-0.05, 0) is 17.5 Å². The molecule has 11 heteroatoms. The molecule has 0 bridgehead atoms. The number of benzene rings is 1. The molecular formula is C24H27N5O3S3. The minimum absolute atomic E-state index is 0.0628. The third-order valence-corrected chi connectivity index (χ3v) is 11.0. The fourth-order valence-corrected chi connectivity index (χ4v) is 8.39. The predicted octanol–water partition coefficient (Wildman–Crippen LogP) is 4.44. The van der Waals surface area contributed by atoms with E-state index in [1.165, 1.54) is 4.88 Å². The zero-order valence-corrected chi connectivity index (χ0v) is 21.8. The summed E-state index contributed by atoms with van der Waals surface area (Å²) >= 11 is 2.20. The number of rotatable bonds is 6. The molecule has 2 fully saturated rings. The van der Waals surface area contributed by atoms with Crippen LogP contribution >= 0.6 is 23.1 Å². The highest BCUT2D eigenvalue weighted by Gasteiger charge is 2.42. The number of thioether (sulfide) groups is 1. The van der Waals surface area contributed by atoms with Crippen molar-refractivity contribution in [2.24, 2.45) is 0 Å². The topological polar surface area (TPSA) is 96.6 Å². The lowest BCUT2D eigenvalue weighted by Gasteiger charge is -2.36. The zero-order chi connectivity index (χ0) is 24.0. The highest BCUT2D eigenvalue weighted by Crippen LogP contribution is 2.37. The number of thiazole rings is 1. The number of ether oxygens (including phenoxy) is 1. The van der Waals surface area contributed by atoms with Gasteiger partial charge in [0.1, 0.15) is 16.3 Å². The van der Waals surface area contributed by atoms with Crippen molar-refractivity contribution in [2.45, 2.75) is 36.0 Å². The highest BCUT2D eigenvalue weighted by atomic mass is 32.3. The Labute approximate surface area is 215 Å². The van der Waals surface area contributed by atoms with Crippen molar-refractivity contribution in [1.82, 2.24) is 20.2 Å². The lowest BCUT2D eigenvalue weighted by Crippen LogP contribution is -2.46. The molecule has 1 amide bonds. The van der Waals surface area contributed by atoms with Gasteiger partial charge in [-0.2, -0.15) is 4.31 Å². The first-order chi connectivity index (χ1) is 17.0. The van der Waals surface area contributed by atoms with Crippen LogP contribution < -0.4 is 9.62 Å². The molecule has 6 rings (SSSR count). The molecule has 0 saturated carbocycles. The van der Waals surface area contributed by atoms with Gasteiger partial charge >= 0.3 is 6.09 Å². The lowest BCUT2D eigenvalue weighted by atomic mass is 9.92. The molecule has 0 aliphatic carbocycles. The van der Waals surface area contributed by atoms with Gasteiger partial charge in [0.2, 0.25) is 0 Å². The fraction of sp³-hybridized carbons (Fsp3) is 0.417. The molecule has 2 saturated heterocycles. The number of alkyl carbamates (subject to hydrolysis) is 1. The Balaban J connectivity index is 1.15. The van der Waals surface area contributed by atoms with Crippen LogP contribution in [0.1, 0.15) is 24.1 Å². The first kappa shape index (κ1) is 23.2. The molecule has 0 radical (unpaired) electrons. The minimum atomic E-state index is -1.12. The van der Waals surface area contributed by atoms with Crippen LogP contribution in [-0.4, -0.2) is 62.4 Å². The molecule has 3 aliphatic heterocycles. The summed E-state index contributed by atoms with van der Waals surface area (Å²) in [6, 6.07) is 8.22. The van der Waals surface area contributed by atoms with Gasteiger partial charge < -0.3 is 19.6 Å². The van der Waals surface area contributed by atoms with Crippen molar-refractivity contribution in [3.63, 3.8) is 0 Å². The van der Waals surface area contributed by atoms with Crippen molar-refractivity contribution >= 4 is 57.1 Å². The first-order valence-corrected chi connectivity index (χ1v) is 14.6. The maximum absolute atomic E-state index is 13.1. The molecule has 2 unspecified atom stereocenters. The smallest absolute Gasteiger partial charge is 0.407 e. The Hall–Kier alpha value is -2.18. The van der Waals surface area contributed by atoms with Crippen LogP contribution in [0.2, 0.25) is 0 Å². The van der Waals surface area contributed by atoms with Crippen molar-refractivity contribution in [1.29, 1.82) is 0 Å². The summed E-state index contributed by atoms with van der Waals surface area (Å²) < 4.78 is 20.5. The summed E-state index contributed by atoms with van der Waals surface area (Å²) in [6.07, 6.45) is 6.28. The zero-order valence-electron chi connectivity index (χ0n) is 19.4. The van der Waals surface area contributed by atoms with Crippen LogP contribution in [0.15, 0.2) is 41.9 Å². The first-order valence-electron chi connectivity index (χ1n) is 11.7. The summed E-state index contributed by atoms with van der Waals surface area (Å²) in [5.41, 5.74) is 2.56. The largest absolute Gasteiger partial charge is 0.592 e. The molecular weight excluding hydrogens is 502 g/mol. The number of aromatic amines is 1. The van der Waals surface area contributed by atoms with Crippen LogP contribution in [0, 0.1) is 0 Å². The number of nitrogens with zero attached hydrogens (tertiary/aromatic N) is 3. The summed E-state index contributed by atoms with van der Waals surface area (Å²) in [7, 11) is 1.90. The Kier molecular flexibility index (Phi) is 6.21. The number of nitrogens with one attached hydrogen (secondary N) is 2. The third-order valence-electron chi connectivity index (χ3n) is 6.92. The number of anilines is 1. The standard InChI is InChI=1S/C24H27N5O3S3/c1-28(35(31)20-6-3-11-33-20)19-5-2-4-16-12-18(27-21(16)19)22-25-13-17(34-22)14-29-9-7-24(8-10-29)15-26-23(30)32-24/h2-5,11-13,20,27H,6-10,14-15H2,1H3,(H,26,30). The second-order valence-electron chi connectivity index (χ2n) is 9.21. The maximum Gasteiger partial charge on any atom is 0.407 e. The number of fused-ring (bicyclic) bond motifs is 1. The van der Waals surface area contributed by atoms with Crippen LogP contribution in [0.4, 0.5) is 10.5 Å². The molecule has 3 aromatic rings. The highest BCUT2D eigenvalue weighted by molar-refractivity contribution is 8.15. The number of aromatic nitrogens is 2. The second kappa shape index (κ2) is 9.36. The number of hydrogen-bond donors (Lipinski definition) is 2. The summed E-state index contributed by atoms with van der Waals surface area (Å²) in [5.74, 6) is 0. The Bertz CT molecular complexity index is 1260. The van der Waals surface area contributed by atoms with Gasteiger partial charge in [0, 0.05) is 55.4 Å². The average Bonchev–Trinajstić information content (AvgIpc) is 3.66. The molecule has 5 heterocycles. The summed E-state index contributed by atoms with van der Waals surface area (Å²) in [5, 5.41) is 6.86. The van der Waals surface area contributed by atoms with E-state index in [1.807, 2.05) is 35.1 Å². The molecule has 184 valence electrons. The third kappa shape index (κ3) is 4.55. The number of carbonyl (C=O) groups is 1. The van der Waals surface area contributed by atoms with Gasteiger partial charge in [0.15, 0.2) is 4.58 Å². The van der Waals surface area contributed by atoms with Crippen LogP contribution in [0.3, 0.4) is 0 Å². The summed E-state index contributed by atoms with van der Waals surface area (Å²) in [6.45, 7) is 3.26. The Morgan fingerprint density at radius 2 is 2.23 bits per heavy atom. The van der Waals surface area contributed by atoms with Crippen molar-refractivity contribution in [3.8, 4) is 10.7 Å². The molecule has 8 nitrogen and oxygen atoms in total. The number of piperidine rings is 1. The maximum atomic E-state index is 13.1. The molecule has 2 aromatic heterocycles. The van der Waals surface area contributed by atoms with Crippen LogP contribution in [0.25, 0.3) is 21.6 Å².